The van der Waals surface area contributed by atoms with Crippen molar-refractivity contribution in [3.63, 3.8) is 0 Å². The molecule has 23 heavy (non-hydrogen) atoms. The summed E-state index contributed by atoms with van der Waals surface area (Å²) < 4.78 is 0. The Hall–Kier alpha value is -2.43. The van der Waals surface area contributed by atoms with Crippen molar-refractivity contribution in [2.45, 2.75) is 38.1 Å². The maximum Gasteiger partial charge on any atom is 0.228 e. The Labute approximate surface area is 134 Å². The standard InChI is InChI=1S/C18H18N2O3/c1-11(21)19-8-7-18-14-5-3-4-6-15(14)20(12(2)22)17(18)10-13(23)9-16(18)19/h3-6,10,16H,7-9H2,1-2H3/t16-,18+/m0/s1. The molecule has 0 unspecified atom stereocenters. The van der Waals surface area contributed by atoms with E-state index in [2.05, 4.69) is 0 Å². The van der Waals surface area contributed by atoms with Gasteiger partial charge in [-0.3, -0.25) is 19.3 Å². The van der Waals surface area contributed by atoms with Gasteiger partial charge in [0.05, 0.1) is 17.1 Å². The number of ketones is 1. The fourth-order valence-electron chi connectivity index (χ4n) is 4.61. The van der Waals surface area contributed by atoms with Crippen molar-refractivity contribution in [2.24, 2.45) is 0 Å². The lowest BCUT2D eigenvalue weighted by atomic mass is 9.69. The van der Waals surface area contributed by atoms with E-state index in [1.54, 1.807) is 22.8 Å². The summed E-state index contributed by atoms with van der Waals surface area (Å²) in [5.41, 5.74) is 2.22. The number of likely N-dealkylation sites (tertiary alicyclic amines) is 1. The first-order valence-electron chi connectivity index (χ1n) is 7.89. The Morgan fingerprint density at radius 2 is 1.91 bits per heavy atom. The molecule has 1 saturated heterocycles. The van der Waals surface area contributed by atoms with E-state index < -0.39 is 5.41 Å². The second-order valence-corrected chi connectivity index (χ2v) is 6.52. The van der Waals surface area contributed by atoms with E-state index in [4.69, 9.17) is 0 Å². The first-order valence-corrected chi connectivity index (χ1v) is 7.89. The summed E-state index contributed by atoms with van der Waals surface area (Å²) in [6, 6.07) is 7.61. The number of hydrogen-bond donors (Lipinski definition) is 0. The number of benzene rings is 1. The maximum atomic E-state index is 12.3. The smallest absolute Gasteiger partial charge is 0.228 e. The van der Waals surface area contributed by atoms with Gasteiger partial charge in [0, 0.05) is 38.6 Å². The first kappa shape index (κ1) is 14.2. The highest BCUT2D eigenvalue weighted by atomic mass is 16.2. The quantitative estimate of drug-likeness (QED) is 0.734. The number of allylic oxidation sites excluding steroid dienone is 1. The summed E-state index contributed by atoms with van der Waals surface area (Å²) in [6.07, 6.45) is 2.68. The molecule has 0 aromatic heterocycles. The van der Waals surface area contributed by atoms with E-state index >= 15 is 0 Å². The molecule has 0 bridgehead atoms. The van der Waals surface area contributed by atoms with Crippen LogP contribution in [-0.4, -0.2) is 35.1 Å². The van der Waals surface area contributed by atoms with Crippen LogP contribution in [0.1, 0.15) is 32.3 Å². The zero-order chi connectivity index (χ0) is 16.4. The second kappa shape index (κ2) is 4.54. The zero-order valence-corrected chi connectivity index (χ0v) is 13.2. The molecule has 0 radical (unpaired) electrons. The second-order valence-electron chi connectivity index (χ2n) is 6.52. The lowest BCUT2D eigenvalue weighted by Gasteiger charge is -2.39. The highest BCUT2D eigenvalue weighted by molar-refractivity contribution is 6.04. The van der Waals surface area contributed by atoms with Crippen molar-refractivity contribution < 1.29 is 14.4 Å². The van der Waals surface area contributed by atoms with Gasteiger partial charge < -0.3 is 4.90 Å². The summed E-state index contributed by atoms with van der Waals surface area (Å²) in [7, 11) is 0. The van der Waals surface area contributed by atoms with Gasteiger partial charge in [-0.25, -0.2) is 0 Å². The first-order chi connectivity index (χ1) is 11.0. The van der Waals surface area contributed by atoms with Gasteiger partial charge in [-0.05, 0) is 18.1 Å². The molecular formula is C18H18N2O3. The van der Waals surface area contributed by atoms with Gasteiger partial charge in [0.15, 0.2) is 5.78 Å². The Morgan fingerprint density at radius 1 is 1.17 bits per heavy atom. The molecular weight excluding hydrogens is 292 g/mol. The number of fused-ring (bicyclic) bond motifs is 1. The molecule has 1 aromatic carbocycles. The van der Waals surface area contributed by atoms with E-state index in [0.29, 0.717) is 13.0 Å². The maximum absolute atomic E-state index is 12.3. The molecule has 5 nitrogen and oxygen atoms in total. The highest BCUT2D eigenvalue weighted by Crippen LogP contribution is 2.58. The number of nitrogens with zero attached hydrogens (tertiary/aromatic N) is 2. The molecule has 5 heteroatoms. The van der Waals surface area contributed by atoms with Crippen molar-refractivity contribution in [3.05, 3.63) is 41.6 Å². The van der Waals surface area contributed by atoms with Gasteiger partial charge in [0.1, 0.15) is 0 Å². The predicted octanol–water partition coefficient (Wildman–Crippen LogP) is 1.77. The molecule has 2 heterocycles. The van der Waals surface area contributed by atoms with E-state index in [-0.39, 0.29) is 23.6 Å². The molecule has 1 spiro atoms. The molecule has 0 N–H and O–H groups in total. The van der Waals surface area contributed by atoms with Gasteiger partial charge in [0.25, 0.3) is 0 Å². The van der Waals surface area contributed by atoms with E-state index in [1.165, 1.54) is 6.92 Å². The van der Waals surface area contributed by atoms with Crippen LogP contribution in [0.4, 0.5) is 5.69 Å². The molecule has 1 aromatic rings. The lowest BCUT2D eigenvalue weighted by molar-refractivity contribution is -0.131. The van der Waals surface area contributed by atoms with Gasteiger partial charge in [-0.1, -0.05) is 18.2 Å². The van der Waals surface area contributed by atoms with Crippen LogP contribution in [-0.2, 0) is 19.8 Å². The zero-order valence-electron chi connectivity index (χ0n) is 13.2. The molecule has 118 valence electrons. The molecule has 1 fully saturated rings. The summed E-state index contributed by atoms with van der Waals surface area (Å²) in [5, 5.41) is 0. The van der Waals surface area contributed by atoms with Crippen molar-refractivity contribution >= 4 is 23.3 Å². The van der Waals surface area contributed by atoms with Crippen molar-refractivity contribution in [1.82, 2.24) is 4.90 Å². The largest absolute Gasteiger partial charge is 0.338 e. The number of anilines is 1. The Kier molecular flexibility index (Phi) is 2.80. The molecule has 3 aliphatic rings. The third-order valence-corrected chi connectivity index (χ3v) is 5.43. The number of carbonyl (C=O) groups is 3. The third-order valence-electron chi connectivity index (χ3n) is 5.43. The SMILES string of the molecule is CC(=O)N1C2=CC(=O)C[C@@H]3N(C(C)=O)CC[C@]23c2ccccc21. The number of amides is 2. The van der Waals surface area contributed by atoms with Gasteiger partial charge >= 0.3 is 0 Å². The van der Waals surface area contributed by atoms with Crippen LogP contribution in [0.2, 0.25) is 0 Å². The average Bonchev–Trinajstić information content (AvgIpc) is 3.00. The van der Waals surface area contributed by atoms with Gasteiger partial charge in [-0.2, -0.15) is 0 Å². The molecule has 1 aliphatic carbocycles. The molecule has 0 saturated carbocycles. The monoisotopic (exact) mass is 310 g/mol. The fourth-order valence-corrected chi connectivity index (χ4v) is 4.61. The lowest BCUT2D eigenvalue weighted by Crippen LogP contribution is -2.49. The summed E-state index contributed by atoms with van der Waals surface area (Å²) >= 11 is 0. The minimum Gasteiger partial charge on any atom is -0.338 e. The Morgan fingerprint density at radius 3 is 2.61 bits per heavy atom. The molecule has 2 aliphatic heterocycles. The van der Waals surface area contributed by atoms with Crippen LogP contribution in [0.5, 0.6) is 0 Å². The van der Waals surface area contributed by atoms with E-state index in [9.17, 15) is 14.4 Å². The van der Waals surface area contributed by atoms with Gasteiger partial charge in [0.2, 0.25) is 11.8 Å². The molecule has 2 atom stereocenters. The fraction of sp³-hybridized carbons (Fsp3) is 0.389. The van der Waals surface area contributed by atoms with Crippen LogP contribution in [0, 0.1) is 0 Å². The minimum absolute atomic E-state index is 0.0142. The van der Waals surface area contributed by atoms with Crippen molar-refractivity contribution in [3.8, 4) is 0 Å². The van der Waals surface area contributed by atoms with E-state index in [0.717, 1.165) is 23.4 Å². The molecule has 4 rings (SSSR count). The van der Waals surface area contributed by atoms with Crippen LogP contribution >= 0.6 is 0 Å². The van der Waals surface area contributed by atoms with Crippen molar-refractivity contribution in [1.29, 1.82) is 0 Å². The normalized spacial score (nSPS) is 28.2. The highest BCUT2D eigenvalue weighted by Gasteiger charge is 2.60. The number of carbonyl (C=O) groups excluding carboxylic acids is 3. The Balaban J connectivity index is 2.00. The number of hydrogen-bond acceptors (Lipinski definition) is 3. The minimum atomic E-state index is -0.429. The van der Waals surface area contributed by atoms with Gasteiger partial charge in [-0.15, -0.1) is 0 Å². The van der Waals surface area contributed by atoms with Crippen LogP contribution < -0.4 is 4.90 Å². The van der Waals surface area contributed by atoms with Crippen LogP contribution in [0.3, 0.4) is 0 Å². The number of rotatable bonds is 0. The van der Waals surface area contributed by atoms with Crippen molar-refractivity contribution in [2.75, 3.05) is 11.4 Å². The summed E-state index contributed by atoms with van der Waals surface area (Å²) in [4.78, 5) is 40.0. The number of para-hydroxylation sites is 1. The van der Waals surface area contributed by atoms with E-state index in [1.807, 2.05) is 24.3 Å². The summed E-state index contributed by atoms with van der Waals surface area (Å²) in [6.45, 7) is 3.68. The Bertz CT molecular complexity index is 782. The van der Waals surface area contributed by atoms with Crippen LogP contribution in [0.25, 0.3) is 0 Å². The molecule has 2 amide bonds. The predicted molar refractivity (Wildman–Crippen MR) is 84.8 cm³/mol. The average molecular weight is 310 g/mol. The van der Waals surface area contributed by atoms with Crippen LogP contribution in [0.15, 0.2) is 36.0 Å². The third kappa shape index (κ3) is 1.65. The topological polar surface area (TPSA) is 57.7 Å². The summed E-state index contributed by atoms with van der Waals surface area (Å²) in [5.74, 6) is -0.136.